The Morgan fingerprint density at radius 1 is 1.50 bits per heavy atom. The molecule has 8 nitrogen and oxygen atoms in total. The number of carbonyl (C=O) groups excluding carboxylic acids is 2. The third-order valence-electron chi connectivity index (χ3n) is 2.69. The molecule has 22 heavy (non-hydrogen) atoms. The summed E-state index contributed by atoms with van der Waals surface area (Å²) >= 11 is 3.21. The summed E-state index contributed by atoms with van der Waals surface area (Å²) in [4.78, 5) is 24.3. The van der Waals surface area contributed by atoms with E-state index in [9.17, 15) is 9.59 Å². The van der Waals surface area contributed by atoms with Crippen molar-refractivity contribution >= 4 is 33.5 Å². The van der Waals surface area contributed by atoms with E-state index in [0.29, 0.717) is 16.7 Å². The number of amides is 1. The first-order valence-corrected chi connectivity index (χ1v) is 7.50. The van der Waals surface area contributed by atoms with Crippen LogP contribution in [0.2, 0.25) is 0 Å². The maximum absolute atomic E-state index is 12.2. The molecule has 118 valence electrons. The molecule has 0 bridgehead atoms. The summed E-state index contributed by atoms with van der Waals surface area (Å²) in [7, 11) is 0. The Balaban J connectivity index is 2.26. The molecule has 9 heteroatoms. The predicted octanol–water partition coefficient (Wildman–Crippen LogP) is 2.21. The lowest BCUT2D eigenvalue weighted by molar-refractivity contribution is 0.0371. The molecule has 0 aromatic carbocycles. The topological polar surface area (TPSA) is 102 Å². The molecule has 0 saturated heterocycles. The molecule has 0 saturated carbocycles. The van der Waals surface area contributed by atoms with Crippen LogP contribution in [-0.2, 0) is 11.3 Å². The van der Waals surface area contributed by atoms with E-state index in [-0.39, 0.29) is 17.5 Å². The van der Waals surface area contributed by atoms with Crippen molar-refractivity contribution in [3.8, 4) is 0 Å². The van der Waals surface area contributed by atoms with Crippen molar-refractivity contribution in [1.29, 1.82) is 0 Å². The van der Waals surface area contributed by atoms with Crippen LogP contribution in [0.3, 0.4) is 0 Å². The van der Waals surface area contributed by atoms with Crippen LogP contribution in [-0.4, -0.2) is 38.0 Å². The van der Waals surface area contributed by atoms with Crippen LogP contribution < -0.4 is 5.32 Å². The van der Waals surface area contributed by atoms with Crippen molar-refractivity contribution in [2.24, 2.45) is 0 Å². The number of halogens is 1. The molecule has 0 aliphatic heterocycles. The second-order valence-corrected chi connectivity index (χ2v) is 5.60. The number of hydrogen-bond donors (Lipinski definition) is 2. The van der Waals surface area contributed by atoms with Crippen LogP contribution in [0.25, 0.3) is 0 Å². The third kappa shape index (κ3) is 3.53. The van der Waals surface area contributed by atoms with Crippen molar-refractivity contribution in [2.75, 3.05) is 5.32 Å². The SMILES string of the molecule is CCn1cc(NC(=O)c2[nH]ncc2Br)c(C(=O)OC(C)C)n1. The number of nitrogens with one attached hydrogen (secondary N) is 2. The van der Waals surface area contributed by atoms with E-state index in [1.54, 1.807) is 24.7 Å². The van der Waals surface area contributed by atoms with Crippen LogP contribution in [0.4, 0.5) is 5.69 Å². The summed E-state index contributed by atoms with van der Waals surface area (Å²) in [6, 6.07) is 0. The molecule has 2 rings (SSSR count). The second-order valence-electron chi connectivity index (χ2n) is 4.75. The largest absolute Gasteiger partial charge is 0.458 e. The standard InChI is InChI=1S/C13H16BrN5O3/c1-4-19-6-9(11(18-19)13(21)22-7(2)3)16-12(20)10-8(14)5-15-17-10/h5-7H,4H2,1-3H3,(H,15,17)(H,16,20). The van der Waals surface area contributed by atoms with Crippen molar-refractivity contribution in [3.63, 3.8) is 0 Å². The highest BCUT2D eigenvalue weighted by Crippen LogP contribution is 2.19. The molecular formula is C13H16BrN5O3. The Hall–Kier alpha value is -2.16. The lowest BCUT2D eigenvalue weighted by Crippen LogP contribution is -2.17. The second kappa shape index (κ2) is 6.73. The molecule has 2 aromatic rings. The summed E-state index contributed by atoms with van der Waals surface area (Å²) in [5.41, 5.74) is 0.617. The monoisotopic (exact) mass is 369 g/mol. The average Bonchev–Trinajstić information content (AvgIpc) is 3.04. The van der Waals surface area contributed by atoms with Gasteiger partial charge in [0.2, 0.25) is 0 Å². The quantitative estimate of drug-likeness (QED) is 0.786. The molecule has 0 fully saturated rings. The maximum Gasteiger partial charge on any atom is 0.361 e. The Labute approximate surface area is 135 Å². The number of hydrogen-bond acceptors (Lipinski definition) is 5. The van der Waals surface area contributed by atoms with Gasteiger partial charge in [0.15, 0.2) is 5.69 Å². The van der Waals surface area contributed by atoms with Gasteiger partial charge < -0.3 is 10.1 Å². The zero-order chi connectivity index (χ0) is 16.3. The highest BCUT2D eigenvalue weighted by Gasteiger charge is 2.22. The van der Waals surface area contributed by atoms with E-state index in [4.69, 9.17) is 4.74 Å². The number of H-pyrrole nitrogens is 1. The molecule has 0 atom stereocenters. The van der Waals surface area contributed by atoms with Crippen LogP contribution in [0, 0.1) is 0 Å². The van der Waals surface area contributed by atoms with Crippen LogP contribution in [0.5, 0.6) is 0 Å². The van der Waals surface area contributed by atoms with E-state index in [2.05, 4.69) is 36.5 Å². The fraction of sp³-hybridized carbons (Fsp3) is 0.385. The van der Waals surface area contributed by atoms with Gasteiger partial charge in [0, 0.05) is 12.7 Å². The van der Waals surface area contributed by atoms with Gasteiger partial charge in [-0.2, -0.15) is 10.2 Å². The fourth-order valence-corrected chi connectivity index (χ4v) is 2.08. The first kappa shape index (κ1) is 16.2. The number of aryl methyl sites for hydroxylation is 1. The molecule has 0 aliphatic carbocycles. The Kier molecular flexibility index (Phi) is 4.96. The maximum atomic E-state index is 12.2. The van der Waals surface area contributed by atoms with Gasteiger partial charge in [-0.25, -0.2) is 4.79 Å². The Morgan fingerprint density at radius 3 is 2.77 bits per heavy atom. The van der Waals surface area contributed by atoms with E-state index in [1.165, 1.54) is 6.20 Å². The minimum Gasteiger partial charge on any atom is -0.458 e. The van der Waals surface area contributed by atoms with Gasteiger partial charge >= 0.3 is 5.97 Å². The number of esters is 1. The van der Waals surface area contributed by atoms with Gasteiger partial charge in [0.25, 0.3) is 5.91 Å². The van der Waals surface area contributed by atoms with E-state index < -0.39 is 11.9 Å². The van der Waals surface area contributed by atoms with Crippen molar-refractivity contribution in [2.45, 2.75) is 33.4 Å². The lowest BCUT2D eigenvalue weighted by atomic mass is 10.3. The minimum absolute atomic E-state index is 0.0690. The van der Waals surface area contributed by atoms with Gasteiger partial charge in [-0.3, -0.25) is 14.6 Å². The first-order chi connectivity index (χ1) is 10.4. The highest BCUT2D eigenvalue weighted by molar-refractivity contribution is 9.10. The number of rotatable bonds is 5. The van der Waals surface area contributed by atoms with E-state index in [0.717, 1.165) is 0 Å². The van der Waals surface area contributed by atoms with Gasteiger partial charge in [-0.05, 0) is 36.7 Å². The molecule has 0 radical (unpaired) electrons. The molecule has 0 spiro atoms. The van der Waals surface area contributed by atoms with Gasteiger partial charge in [-0.15, -0.1) is 0 Å². The lowest BCUT2D eigenvalue weighted by Gasteiger charge is -2.07. The fourth-order valence-electron chi connectivity index (χ4n) is 1.71. The summed E-state index contributed by atoms with van der Waals surface area (Å²) in [6.45, 7) is 5.93. The predicted molar refractivity (Wildman–Crippen MR) is 82.7 cm³/mol. The third-order valence-corrected chi connectivity index (χ3v) is 3.29. The summed E-state index contributed by atoms with van der Waals surface area (Å²) in [5, 5.41) is 13.1. The van der Waals surface area contributed by atoms with Crippen molar-refractivity contribution < 1.29 is 14.3 Å². The van der Waals surface area contributed by atoms with E-state index >= 15 is 0 Å². The summed E-state index contributed by atoms with van der Waals surface area (Å²) in [6.07, 6.45) is 2.78. The number of aromatic amines is 1. The number of ether oxygens (including phenoxy) is 1. The number of anilines is 1. The molecule has 2 heterocycles. The van der Waals surface area contributed by atoms with E-state index in [1.807, 2.05) is 6.92 Å². The van der Waals surface area contributed by atoms with Gasteiger partial charge in [0.1, 0.15) is 5.69 Å². The Bertz CT molecular complexity index is 692. The summed E-state index contributed by atoms with van der Waals surface area (Å²) in [5.74, 6) is -1.01. The molecular weight excluding hydrogens is 354 g/mol. The van der Waals surface area contributed by atoms with Gasteiger partial charge in [-0.1, -0.05) is 0 Å². The molecule has 2 N–H and O–H groups in total. The van der Waals surface area contributed by atoms with Crippen LogP contribution in [0.1, 0.15) is 41.7 Å². The molecule has 0 unspecified atom stereocenters. The normalized spacial score (nSPS) is 10.8. The molecule has 2 aromatic heterocycles. The smallest absolute Gasteiger partial charge is 0.361 e. The Morgan fingerprint density at radius 2 is 2.23 bits per heavy atom. The zero-order valence-corrected chi connectivity index (χ0v) is 14.0. The summed E-state index contributed by atoms with van der Waals surface area (Å²) < 4.78 is 7.21. The van der Waals surface area contributed by atoms with Crippen LogP contribution in [0.15, 0.2) is 16.9 Å². The molecule has 0 aliphatic rings. The number of nitrogens with zero attached hydrogens (tertiary/aromatic N) is 3. The highest BCUT2D eigenvalue weighted by atomic mass is 79.9. The number of carbonyl (C=O) groups is 2. The number of aromatic nitrogens is 4. The first-order valence-electron chi connectivity index (χ1n) is 6.71. The zero-order valence-electron chi connectivity index (χ0n) is 12.4. The molecule has 1 amide bonds. The average molecular weight is 370 g/mol. The van der Waals surface area contributed by atoms with Crippen molar-refractivity contribution in [1.82, 2.24) is 20.0 Å². The van der Waals surface area contributed by atoms with Crippen molar-refractivity contribution in [3.05, 3.63) is 28.3 Å². The van der Waals surface area contributed by atoms with Crippen LogP contribution >= 0.6 is 15.9 Å². The minimum atomic E-state index is -0.582. The van der Waals surface area contributed by atoms with Gasteiger partial charge in [0.05, 0.1) is 22.5 Å².